The maximum atomic E-state index is 12.8. The fraction of sp³-hybridized carbons (Fsp3) is 0.875. The number of piperidine rings is 1. The number of ether oxygens (including phenoxy) is 1. The number of nitrogens with zero attached hydrogens (tertiary/aromatic N) is 1. The van der Waals surface area contributed by atoms with Crippen molar-refractivity contribution < 1.29 is 14.3 Å². The molecule has 0 aromatic heterocycles. The van der Waals surface area contributed by atoms with Gasteiger partial charge in [0.05, 0.1) is 13.2 Å². The molecule has 0 aromatic rings. The van der Waals surface area contributed by atoms with E-state index in [9.17, 15) is 9.59 Å². The lowest BCUT2D eigenvalue weighted by atomic mass is 9.91. The Morgan fingerprint density at radius 2 is 2.00 bits per heavy atom. The molecule has 1 rings (SSSR count). The average Bonchev–Trinajstić information content (AvgIpc) is 2.50. The van der Waals surface area contributed by atoms with Crippen LogP contribution in [0.2, 0.25) is 0 Å². The molecule has 0 radical (unpaired) electrons. The van der Waals surface area contributed by atoms with Crippen molar-refractivity contribution >= 4 is 11.9 Å². The van der Waals surface area contributed by atoms with Crippen molar-refractivity contribution in [2.24, 2.45) is 11.8 Å². The zero-order valence-electron chi connectivity index (χ0n) is 13.9. The molecular weight excluding hydrogens is 268 g/mol. The second-order valence-corrected chi connectivity index (χ2v) is 6.03. The normalized spacial score (nSPS) is 22.1. The van der Waals surface area contributed by atoms with Crippen molar-refractivity contribution in [3.8, 4) is 0 Å². The van der Waals surface area contributed by atoms with Gasteiger partial charge in [-0.15, -0.1) is 0 Å². The third kappa shape index (κ3) is 5.30. The highest BCUT2D eigenvalue weighted by molar-refractivity contribution is 5.86. The lowest BCUT2D eigenvalue weighted by Gasteiger charge is -2.34. The number of carbonyl (C=O) groups is 2. The van der Waals surface area contributed by atoms with Crippen molar-refractivity contribution in [3.05, 3.63) is 0 Å². The van der Waals surface area contributed by atoms with Crippen LogP contribution in [0.5, 0.6) is 0 Å². The van der Waals surface area contributed by atoms with E-state index >= 15 is 0 Å². The Labute approximate surface area is 128 Å². The van der Waals surface area contributed by atoms with E-state index in [1.54, 1.807) is 4.90 Å². The minimum absolute atomic E-state index is 0.0412. The summed E-state index contributed by atoms with van der Waals surface area (Å²) in [6.07, 6.45) is 4.18. The molecule has 1 aliphatic heterocycles. The molecule has 0 saturated carbocycles. The molecule has 2 atom stereocenters. The highest BCUT2D eigenvalue weighted by Crippen LogP contribution is 2.19. The Hall–Kier alpha value is -1.10. The molecule has 1 saturated heterocycles. The van der Waals surface area contributed by atoms with Crippen LogP contribution in [0.3, 0.4) is 0 Å². The number of nitrogens with one attached hydrogen (secondary N) is 1. The van der Waals surface area contributed by atoms with E-state index in [4.69, 9.17) is 4.74 Å². The number of esters is 1. The molecule has 21 heavy (non-hydrogen) atoms. The molecule has 1 amide bonds. The van der Waals surface area contributed by atoms with E-state index in [0.717, 1.165) is 32.2 Å². The first-order valence-electron chi connectivity index (χ1n) is 8.12. The van der Waals surface area contributed by atoms with Gasteiger partial charge in [0.1, 0.15) is 6.54 Å². The fourth-order valence-electron chi connectivity index (χ4n) is 2.89. The molecular formula is C16H30N2O3. The summed E-state index contributed by atoms with van der Waals surface area (Å²) in [5.74, 6) is 0.433. The summed E-state index contributed by atoms with van der Waals surface area (Å²) in [4.78, 5) is 26.1. The first-order valence-corrected chi connectivity index (χ1v) is 8.12. The Morgan fingerprint density at radius 3 is 2.52 bits per heavy atom. The first-order chi connectivity index (χ1) is 10.0. The molecule has 5 heteroatoms. The van der Waals surface area contributed by atoms with Crippen LogP contribution >= 0.6 is 0 Å². The molecule has 1 fully saturated rings. The van der Waals surface area contributed by atoms with Gasteiger partial charge in [-0.05, 0) is 31.2 Å². The van der Waals surface area contributed by atoms with Crippen LogP contribution in [-0.4, -0.2) is 49.6 Å². The topological polar surface area (TPSA) is 58.6 Å². The van der Waals surface area contributed by atoms with E-state index in [1.165, 1.54) is 7.11 Å². The van der Waals surface area contributed by atoms with Crippen LogP contribution in [0.1, 0.15) is 46.5 Å². The number of hydrogen-bond donors (Lipinski definition) is 1. The van der Waals surface area contributed by atoms with E-state index in [0.29, 0.717) is 18.4 Å². The third-order valence-corrected chi connectivity index (χ3v) is 4.53. The van der Waals surface area contributed by atoms with Gasteiger partial charge in [0.25, 0.3) is 0 Å². The van der Waals surface area contributed by atoms with Gasteiger partial charge in [-0.3, -0.25) is 9.59 Å². The van der Waals surface area contributed by atoms with Gasteiger partial charge in [0, 0.05) is 6.54 Å². The van der Waals surface area contributed by atoms with Crippen molar-refractivity contribution in [3.63, 3.8) is 0 Å². The van der Waals surface area contributed by atoms with E-state index in [2.05, 4.69) is 26.1 Å². The Morgan fingerprint density at radius 1 is 1.33 bits per heavy atom. The quantitative estimate of drug-likeness (QED) is 0.728. The lowest BCUT2D eigenvalue weighted by Crippen LogP contribution is -2.54. The third-order valence-electron chi connectivity index (χ3n) is 4.53. The van der Waals surface area contributed by atoms with Gasteiger partial charge in [0.2, 0.25) is 5.91 Å². The summed E-state index contributed by atoms with van der Waals surface area (Å²) in [6, 6.07) is -0.169. The Balaban J connectivity index is 2.77. The molecule has 1 heterocycles. The summed E-state index contributed by atoms with van der Waals surface area (Å²) in [5, 5.41) is 3.31. The summed E-state index contributed by atoms with van der Waals surface area (Å²) in [7, 11) is 1.36. The molecule has 0 aromatic carbocycles. The van der Waals surface area contributed by atoms with Gasteiger partial charge in [-0.25, -0.2) is 0 Å². The highest BCUT2D eigenvalue weighted by atomic mass is 16.5. The molecule has 2 unspecified atom stereocenters. The molecule has 122 valence electrons. The second kappa shape index (κ2) is 9.03. The molecule has 5 nitrogen and oxygen atoms in total. The summed E-state index contributed by atoms with van der Waals surface area (Å²) >= 11 is 0. The maximum Gasteiger partial charge on any atom is 0.325 e. The van der Waals surface area contributed by atoms with Crippen LogP contribution < -0.4 is 5.32 Å². The van der Waals surface area contributed by atoms with Crippen LogP contribution in [0.4, 0.5) is 0 Å². The standard InChI is InChI=1S/C16H30N2O3/c1-5-13(6-2)10-18(11-14(19)21-4)16(20)15-12(3)8-7-9-17-15/h12-13,15,17H,5-11H2,1-4H3. The summed E-state index contributed by atoms with van der Waals surface area (Å²) in [6.45, 7) is 7.90. The van der Waals surface area contributed by atoms with E-state index in [1.807, 2.05) is 0 Å². The monoisotopic (exact) mass is 298 g/mol. The molecule has 0 spiro atoms. The molecule has 0 bridgehead atoms. The molecule has 0 aliphatic carbocycles. The minimum atomic E-state index is -0.349. The summed E-state index contributed by atoms with van der Waals surface area (Å²) < 4.78 is 4.74. The zero-order chi connectivity index (χ0) is 15.8. The smallest absolute Gasteiger partial charge is 0.325 e. The van der Waals surface area contributed by atoms with Crippen LogP contribution in [0, 0.1) is 11.8 Å². The number of hydrogen-bond acceptors (Lipinski definition) is 4. The Kier molecular flexibility index (Phi) is 7.72. The van der Waals surface area contributed by atoms with Crippen molar-refractivity contribution in [1.29, 1.82) is 0 Å². The van der Waals surface area contributed by atoms with Crippen LogP contribution in [0.15, 0.2) is 0 Å². The van der Waals surface area contributed by atoms with Crippen molar-refractivity contribution in [2.75, 3.05) is 26.7 Å². The predicted molar refractivity (Wildman–Crippen MR) is 82.9 cm³/mol. The lowest BCUT2D eigenvalue weighted by molar-refractivity contribution is -0.149. The predicted octanol–water partition coefficient (Wildman–Crippen LogP) is 1.81. The van der Waals surface area contributed by atoms with Gasteiger partial charge < -0.3 is 15.0 Å². The number of carbonyl (C=O) groups excluding carboxylic acids is 2. The van der Waals surface area contributed by atoms with E-state index in [-0.39, 0.29) is 24.5 Å². The first kappa shape index (κ1) is 18.0. The van der Waals surface area contributed by atoms with Crippen LogP contribution in [-0.2, 0) is 14.3 Å². The van der Waals surface area contributed by atoms with Crippen molar-refractivity contribution in [2.45, 2.75) is 52.5 Å². The largest absolute Gasteiger partial charge is 0.468 e. The number of methoxy groups -OCH3 is 1. The summed E-state index contributed by atoms with van der Waals surface area (Å²) in [5.41, 5.74) is 0. The maximum absolute atomic E-state index is 12.8. The molecule has 1 N–H and O–H groups in total. The number of amides is 1. The van der Waals surface area contributed by atoms with Gasteiger partial charge in [-0.1, -0.05) is 33.6 Å². The highest BCUT2D eigenvalue weighted by Gasteiger charge is 2.32. The zero-order valence-corrected chi connectivity index (χ0v) is 13.9. The van der Waals surface area contributed by atoms with Crippen LogP contribution in [0.25, 0.3) is 0 Å². The average molecular weight is 298 g/mol. The van der Waals surface area contributed by atoms with Gasteiger partial charge in [-0.2, -0.15) is 0 Å². The van der Waals surface area contributed by atoms with E-state index < -0.39 is 0 Å². The number of rotatable bonds is 7. The van der Waals surface area contributed by atoms with Crippen molar-refractivity contribution in [1.82, 2.24) is 10.2 Å². The SMILES string of the molecule is CCC(CC)CN(CC(=O)OC)C(=O)C1NCCCC1C. The second-order valence-electron chi connectivity index (χ2n) is 6.03. The Bertz CT molecular complexity index is 342. The van der Waals surface area contributed by atoms with Gasteiger partial charge in [0.15, 0.2) is 0 Å². The molecule has 1 aliphatic rings. The fourth-order valence-corrected chi connectivity index (χ4v) is 2.89. The minimum Gasteiger partial charge on any atom is -0.468 e. The van der Waals surface area contributed by atoms with Gasteiger partial charge >= 0.3 is 5.97 Å².